The number of aliphatic carboxylic acids is 1. The van der Waals surface area contributed by atoms with Gasteiger partial charge in [-0.25, -0.2) is 4.79 Å². The van der Waals surface area contributed by atoms with Crippen molar-refractivity contribution < 1.29 is 14.7 Å². The van der Waals surface area contributed by atoms with Crippen molar-refractivity contribution in [3.8, 4) is 0 Å². The molecule has 3 atom stereocenters. The zero-order valence-electron chi connectivity index (χ0n) is 16.6. The van der Waals surface area contributed by atoms with E-state index in [1.807, 2.05) is 13.8 Å². The van der Waals surface area contributed by atoms with Gasteiger partial charge in [-0.1, -0.05) is 43.7 Å². The lowest BCUT2D eigenvalue weighted by atomic mass is 9.42. The molecular weight excluding hydrogens is 338 g/mol. The molecule has 1 aromatic rings. The summed E-state index contributed by atoms with van der Waals surface area (Å²) in [4.78, 5) is 25.0. The van der Waals surface area contributed by atoms with E-state index in [2.05, 4.69) is 36.5 Å². The summed E-state index contributed by atoms with van der Waals surface area (Å²) in [7, 11) is 0. The summed E-state index contributed by atoms with van der Waals surface area (Å²) < 4.78 is 0. The summed E-state index contributed by atoms with van der Waals surface area (Å²) in [6, 6.07) is 8.06. The summed E-state index contributed by atoms with van der Waals surface area (Å²) in [5.41, 5.74) is 2.33. The van der Waals surface area contributed by atoms with E-state index in [1.165, 1.54) is 30.4 Å². The minimum atomic E-state index is -0.934. The van der Waals surface area contributed by atoms with Gasteiger partial charge in [-0.3, -0.25) is 4.79 Å². The average Bonchev–Trinajstić information content (AvgIpc) is 2.58. The molecule has 4 fully saturated rings. The first-order chi connectivity index (χ1) is 12.7. The highest BCUT2D eigenvalue weighted by atomic mass is 16.4. The van der Waals surface area contributed by atoms with Gasteiger partial charge < -0.3 is 10.4 Å². The molecule has 0 aliphatic heterocycles. The number of carboxylic acids is 1. The first-order valence-corrected chi connectivity index (χ1v) is 10.3. The van der Waals surface area contributed by atoms with E-state index < -0.39 is 17.4 Å². The third-order valence-electron chi connectivity index (χ3n) is 7.43. The monoisotopic (exact) mass is 369 g/mol. The van der Waals surface area contributed by atoms with Crippen LogP contribution in [-0.4, -0.2) is 23.0 Å². The molecule has 0 saturated heterocycles. The molecule has 0 spiro atoms. The molecule has 1 amide bonds. The number of carboxylic acid groups (broad SMARTS) is 1. The fourth-order valence-electron chi connectivity index (χ4n) is 6.58. The molecule has 146 valence electrons. The van der Waals surface area contributed by atoms with E-state index in [0.29, 0.717) is 11.8 Å². The SMILES string of the molecule is Cc1ccc(C23C[C@H]4C[C@@H](CC(C(=O)N[C@@H](C(=O)O)C(C)C)(C4)C2)C3)cc1. The van der Waals surface area contributed by atoms with Crippen molar-refractivity contribution >= 4 is 11.9 Å². The van der Waals surface area contributed by atoms with Crippen LogP contribution in [0.5, 0.6) is 0 Å². The Bertz CT molecular complexity index is 737. The van der Waals surface area contributed by atoms with Crippen LogP contribution in [0.1, 0.15) is 63.5 Å². The maximum absolute atomic E-state index is 13.4. The van der Waals surface area contributed by atoms with E-state index in [1.54, 1.807) is 0 Å². The van der Waals surface area contributed by atoms with Gasteiger partial charge in [-0.15, -0.1) is 0 Å². The maximum atomic E-state index is 13.4. The Hall–Kier alpha value is -1.84. The van der Waals surface area contributed by atoms with Gasteiger partial charge in [0.2, 0.25) is 5.91 Å². The van der Waals surface area contributed by atoms with Crippen LogP contribution in [0.3, 0.4) is 0 Å². The van der Waals surface area contributed by atoms with Gasteiger partial charge >= 0.3 is 5.97 Å². The van der Waals surface area contributed by atoms with Gasteiger partial charge in [0.25, 0.3) is 0 Å². The molecule has 4 saturated carbocycles. The summed E-state index contributed by atoms with van der Waals surface area (Å²) in [5.74, 6) is 0.0956. The van der Waals surface area contributed by atoms with Crippen molar-refractivity contribution in [1.82, 2.24) is 5.32 Å². The molecule has 4 heteroatoms. The Labute approximate surface area is 161 Å². The van der Waals surface area contributed by atoms with Crippen LogP contribution >= 0.6 is 0 Å². The van der Waals surface area contributed by atoms with Crippen molar-refractivity contribution in [2.24, 2.45) is 23.2 Å². The fourth-order valence-corrected chi connectivity index (χ4v) is 6.58. The fraction of sp³-hybridized carbons (Fsp3) is 0.652. The standard InChI is InChI=1S/C23H31NO3/c1-14(2)19(20(25)26)24-21(27)23-11-16-8-17(12-23)10-22(9-16,13-23)18-6-4-15(3)5-7-18/h4-7,14,16-17,19H,8-13H2,1-3H3,(H,24,27)(H,25,26)/t16-,17-,19-,22?,23?/m1/s1. The van der Waals surface area contributed by atoms with E-state index in [4.69, 9.17) is 0 Å². The first kappa shape index (κ1) is 18.5. The van der Waals surface area contributed by atoms with Gasteiger partial charge in [0.05, 0.1) is 5.41 Å². The molecule has 0 heterocycles. The second kappa shape index (κ2) is 6.35. The molecule has 4 bridgehead atoms. The van der Waals surface area contributed by atoms with E-state index in [0.717, 1.165) is 19.3 Å². The molecule has 5 rings (SSSR count). The van der Waals surface area contributed by atoms with Crippen molar-refractivity contribution in [2.75, 3.05) is 0 Å². The van der Waals surface area contributed by atoms with Gasteiger partial charge in [-0.2, -0.15) is 0 Å². The molecule has 27 heavy (non-hydrogen) atoms. The molecule has 0 radical (unpaired) electrons. The number of amides is 1. The van der Waals surface area contributed by atoms with Crippen molar-refractivity contribution in [1.29, 1.82) is 0 Å². The van der Waals surface area contributed by atoms with Crippen molar-refractivity contribution in [3.63, 3.8) is 0 Å². The van der Waals surface area contributed by atoms with Gasteiger partial charge in [0, 0.05) is 0 Å². The number of hydrogen-bond donors (Lipinski definition) is 2. The number of benzene rings is 1. The van der Waals surface area contributed by atoms with Crippen LogP contribution in [0.2, 0.25) is 0 Å². The zero-order valence-corrected chi connectivity index (χ0v) is 16.6. The number of aryl methyl sites for hydroxylation is 1. The average molecular weight is 370 g/mol. The zero-order chi connectivity index (χ0) is 19.4. The Morgan fingerprint density at radius 3 is 2.19 bits per heavy atom. The van der Waals surface area contributed by atoms with Crippen LogP contribution in [0.4, 0.5) is 0 Å². The molecule has 0 aromatic heterocycles. The lowest BCUT2D eigenvalue weighted by molar-refractivity contribution is -0.154. The highest BCUT2D eigenvalue weighted by Crippen LogP contribution is 2.65. The Morgan fingerprint density at radius 2 is 1.67 bits per heavy atom. The third-order valence-corrected chi connectivity index (χ3v) is 7.43. The summed E-state index contributed by atoms with van der Waals surface area (Å²) >= 11 is 0. The second-order valence-electron chi connectivity index (χ2n) is 9.92. The van der Waals surface area contributed by atoms with Crippen LogP contribution in [-0.2, 0) is 15.0 Å². The van der Waals surface area contributed by atoms with Crippen LogP contribution in [0.25, 0.3) is 0 Å². The smallest absolute Gasteiger partial charge is 0.326 e. The summed E-state index contributed by atoms with van der Waals surface area (Å²) in [6.45, 7) is 5.81. The van der Waals surface area contributed by atoms with Gasteiger partial charge in [0.15, 0.2) is 0 Å². The lowest BCUT2D eigenvalue weighted by Gasteiger charge is -2.61. The highest BCUT2D eigenvalue weighted by molar-refractivity contribution is 5.88. The lowest BCUT2D eigenvalue weighted by Crippen LogP contribution is -2.61. The van der Waals surface area contributed by atoms with E-state index in [-0.39, 0.29) is 17.2 Å². The minimum absolute atomic E-state index is 0.0193. The number of nitrogens with one attached hydrogen (secondary N) is 1. The molecular formula is C23H31NO3. The van der Waals surface area contributed by atoms with Crippen molar-refractivity contribution in [3.05, 3.63) is 35.4 Å². The number of carbonyl (C=O) groups excluding carboxylic acids is 1. The predicted octanol–water partition coefficient (Wildman–Crippen LogP) is 4.06. The third kappa shape index (κ3) is 3.07. The van der Waals surface area contributed by atoms with Gasteiger partial charge in [0.1, 0.15) is 6.04 Å². The Kier molecular flexibility index (Phi) is 4.36. The minimum Gasteiger partial charge on any atom is -0.480 e. The van der Waals surface area contributed by atoms with E-state index >= 15 is 0 Å². The van der Waals surface area contributed by atoms with Crippen LogP contribution in [0.15, 0.2) is 24.3 Å². The number of carbonyl (C=O) groups is 2. The van der Waals surface area contributed by atoms with Gasteiger partial charge in [-0.05, 0) is 74.2 Å². The normalized spacial score (nSPS) is 35.3. The predicted molar refractivity (Wildman–Crippen MR) is 104 cm³/mol. The molecule has 1 aromatic carbocycles. The summed E-state index contributed by atoms with van der Waals surface area (Å²) in [5, 5.41) is 12.4. The highest BCUT2D eigenvalue weighted by Gasteiger charge is 2.61. The second-order valence-corrected chi connectivity index (χ2v) is 9.92. The largest absolute Gasteiger partial charge is 0.480 e. The van der Waals surface area contributed by atoms with Crippen molar-refractivity contribution in [2.45, 2.75) is 70.8 Å². The maximum Gasteiger partial charge on any atom is 0.326 e. The molecule has 4 nitrogen and oxygen atoms in total. The first-order valence-electron chi connectivity index (χ1n) is 10.3. The quantitative estimate of drug-likeness (QED) is 0.822. The molecule has 0 unspecified atom stereocenters. The van der Waals surface area contributed by atoms with Crippen LogP contribution < -0.4 is 5.32 Å². The van der Waals surface area contributed by atoms with E-state index in [9.17, 15) is 14.7 Å². The Balaban J connectivity index is 1.64. The molecule has 4 aliphatic rings. The topological polar surface area (TPSA) is 66.4 Å². The molecule has 2 N–H and O–H groups in total. The van der Waals surface area contributed by atoms with Crippen LogP contribution in [0, 0.1) is 30.1 Å². The Morgan fingerprint density at radius 1 is 1.07 bits per heavy atom. The molecule has 4 aliphatic carbocycles. The number of rotatable bonds is 5. The summed E-state index contributed by atoms with van der Waals surface area (Å²) in [6.07, 6.45) is 6.30. The number of hydrogen-bond acceptors (Lipinski definition) is 2.